The molecule has 0 aliphatic heterocycles. The van der Waals surface area contributed by atoms with Crippen LogP contribution in [-0.2, 0) is 11.2 Å². The van der Waals surface area contributed by atoms with Crippen molar-refractivity contribution in [2.75, 3.05) is 0 Å². The maximum atomic E-state index is 12.5. The molecule has 1 aromatic carbocycles. The molecule has 0 bridgehead atoms. The first-order valence-electron chi connectivity index (χ1n) is 6.99. The van der Waals surface area contributed by atoms with Gasteiger partial charge >= 0.3 is 5.97 Å². The van der Waals surface area contributed by atoms with Gasteiger partial charge in [-0.05, 0) is 24.8 Å². The normalized spacial score (nSPS) is 23.0. The minimum Gasteiger partial charge on any atom is -0.481 e. The van der Waals surface area contributed by atoms with Gasteiger partial charge in [-0.25, -0.2) is 0 Å². The number of aryl methyl sites for hydroxylation is 1. The molecule has 2 rings (SSSR count). The highest BCUT2D eigenvalue weighted by Crippen LogP contribution is 2.32. The van der Waals surface area contributed by atoms with Gasteiger partial charge in [-0.2, -0.15) is 0 Å². The summed E-state index contributed by atoms with van der Waals surface area (Å²) in [7, 11) is 0. The molecule has 1 N–H and O–H groups in total. The van der Waals surface area contributed by atoms with Crippen molar-refractivity contribution in [1.82, 2.24) is 0 Å². The van der Waals surface area contributed by atoms with E-state index in [-0.39, 0.29) is 11.7 Å². The number of rotatable bonds is 4. The largest absolute Gasteiger partial charge is 0.481 e. The lowest BCUT2D eigenvalue weighted by Crippen LogP contribution is -2.32. The molecule has 1 aliphatic rings. The van der Waals surface area contributed by atoms with Gasteiger partial charge in [-0.3, -0.25) is 9.59 Å². The lowest BCUT2D eigenvalue weighted by atomic mass is 9.75. The maximum absolute atomic E-state index is 12.5. The van der Waals surface area contributed by atoms with E-state index in [0.717, 1.165) is 19.3 Å². The van der Waals surface area contributed by atoms with Gasteiger partial charge in [0.1, 0.15) is 0 Å². The molecule has 0 saturated heterocycles. The molecule has 0 radical (unpaired) electrons. The highest BCUT2D eigenvalue weighted by atomic mass is 16.4. The van der Waals surface area contributed by atoms with Gasteiger partial charge in [0.2, 0.25) is 0 Å². The van der Waals surface area contributed by atoms with Gasteiger partial charge in [0.05, 0.1) is 5.92 Å². The number of ketones is 1. The fourth-order valence-electron chi connectivity index (χ4n) is 2.86. The zero-order chi connectivity index (χ0) is 13.8. The number of carbonyl (C=O) groups is 2. The Morgan fingerprint density at radius 3 is 2.21 bits per heavy atom. The molecular weight excluding hydrogens is 240 g/mol. The van der Waals surface area contributed by atoms with Crippen LogP contribution < -0.4 is 0 Å². The Morgan fingerprint density at radius 2 is 1.68 bits per heavy atom. The number of hydrogen-bond donors (Lipinski definition) is 1. The fraction of sp³-hybridized carbons (Fsp3) is 0.500. The summed E-state index contributed by atoms with van der Waals surface area (Å²) in [5.41, 5.74) is 1.84. The van der Waals surface area contributed by atoms with Gasteiger partial charge in [-0.1, -0.05) is 44.0 Å². The summed E-state index contributed by atoms with van der Waals surface area (Å²) in [6.07, 6.45) is 4.13. The quantitative estimate of drug-likeness (QED) is 0.845. The molecule has 19 heavy (non-hydrogen) atoms. The Hall–Kier alpha value is -1.64. The second-order valence-corrected chi connectivity index (χ2v) is 5.25. The second kappa shape index (κ2) is 6.00. The molecular formula is C16H20O3. The standard InChI is InChI=1S/C16H20O3/c1-2-11-7-9-12(10-8-11)15(17)13-5-3-4-6-14(13)16(18)19/h7-10,13-14H,2-6H2,1H3,(H,18,19)/t13-,14-/m1/s1. The van der Waals surface area contributed by atoms with Crippen LogP contribution in [0.4, 0.5) is 0 Å². The van der Waals surface area contributed by atoms with Crippen LogP contribution >= 0.6 is 0 Å². The number of benzene rings is 1. The first kappa shape index (κ1) is 13.8. The van der Waals surface area contributed by atoms with Crippen molar-refractivity contribution in [3.8, 4) is 0 Å². The second-order valence-electron chi connectivity index (χ2n) is 5.25. The molecule has 3 heteroatoms. The maximum Gasteiger partial charge on any atom is 0.307 e. The molecule has 0 spiro atoms. The SMILES string of the molecule is CCc1ccc(C(=O)[C@@H]2CCCC[C@H]2C(=O)O)cc1. The van der Waals surface area contributed by atoms with Crippen molar-refractivity contribution in [3.05, 3.63) is 35.4 Å². The Morgan fingerprint density at radius 1 is 1.11 bits per heavy atom. The van der Waals surface area contributed by atoms with Crippen molar-refractivity contribution in [3.63, 3.8) is 0 Å². The third-order valence-corrected chi connectivity index (χ3v) is 4.07. The fourth-order valence-corrected chi connectivity index (χ4v) is 2.86. The number of carboxylic acids is 1. The molecule has 0 unspecified atom stereocenters. The van der Waals surface area contributed by atoms with Crippen LogP contribution in [0.1, 0.15) is 48.5 Å². The smallest absolute Gasteiger partial charge is 0.307 e. The number of carbonyl (C=O) groups excluding carboxylic acids is 1. The van der Waals surface area contributed by atoms with Crippen LogP contribution in [0.2, 0.25) is 0 Å². The van der Waals surface area contributed by atoms with E-state index in [2.05, 4.69) is 6.92 Å². The Labute approximate surface area is 113 Å². The molecule has 0 amide bonds. The van der Waals surface area contributed by atoms with Crippen LogP contribution in [0.25, 0.3) is 0 Å². The van der Waals surface area contributed by atoms with Crippen LogP contribution in [0, 0.1) is 11.8 Å². The summed E-state index contributed by atoms with van der Waals surface area (Å²) in [4.78, 5) is 23.7. The van der Waals surface area contributed by atoms with E-state index in [1.54, 1.807) is 0 Å². The number of carboxylic acid groups (broad SMARTS) is 1. The molecule has 1 aliphatic carbocycles. The van der Waals surface area contributed by atoms with Crippen molar-refractivity contribution in [2.45, 2.75) is 39.0 Å². The van der Waals surface area contributed by atoms with E-state index in [0.29, 0.717) is 18.4 Å². The molecule has 1 aromatic rings. The van der Waals surface area contributed by atoms with Crippen LogP contribution in [0.5, 0.6) is 0 Å². The lowest BCUT2D eigenvalue weighted by molar-refractivity contribution is -0.144. The van der Waals surface area contributed by atoms with E-state index in [1.807, 2.05) is 24.3 Å². The van der Waals surface area contributed by atoms with Crippen LogP contribution in [-0.4, -0.2) is 16.9 Å². The highest BCUT2D eigenvalue weighted by molar-refractivity contribution is 6.00. The molecule has 2 atom stereocenters. The first-order chi connectivity index (χ1) is 9.13. The van der Waals surface area contributed by atoms with Gasteiger partial charge in [0.15, 0.2) is 5.78 Å². The summed E-state index contributed by atoms with van der Waals surface area (Å²) in [5.74, 6) is -1.69. The topological polar surface area (TPSA) is 54.4 Å². The summed E-state index contributed by atoms with van der Waals surface area (Å²) in [5, 5.41) is 9.23. The molecule has 0 heterocycles. The zero-order valence-corrected chi connectivity index (χ0v) is 11.3. The molecule has 3 nitrogen and oxygen atoms in total. The molecule has 1 saturated carbocycles. The third-order valence-electron chi connectivity index (χ3n) is 4.07. The predicted octanol–water partition coefficient (Wildman–Crippen LogP) is 3.32. The van der Waals surface area contributed by atoms with Gasteiger partial charge < -0.3 is 5.11 Å². The van der Waals surface area contributed by atoms with E-state index in [4.69, 9.17) is 0 Å². The number of aliphatic carboxylic acids is 1. The average molecular weight is 260 g/mol. The van der Waals surface area contributed by atoms with E-state index >= 15 is 0 Å². The van der Waals surface area contributed by atoms with Crippen molar-refractivity contribution in [1.29, 1.82) is 0 Å². The summed E-state index contributed by atoms with van der Waals surface area (Å²) >= 11 is 0. The minimum absolute atomic E-state index is 0.00486. The predicted molar refractivity (Wildman–Crippen MR) is 73.2 cm³/mol. The zero-order valence-electron chi connectivity index (χ0n) is 11.3. The van der Waals surface area contributed by atoms with E-state index < -0.39 is 11.9 Å². The van der Waals surface area contributed by atoms with Gasteiger partial charge in [-0.15, -0.1) is 0 Å². The summed E-state index contributed by atoms with van der Waals surface area (Å²) in [6, 6.07) is 7.56. The van der Waals surface area contributed by atoms with Crippen LogP contribution in [0.3, 0.4) is 0 Å². The van der Waals surface area contributed by atoms with Gasteiger partial charge in [0.25, 0.3) is 0 Å². The Kier molecular flexibility index (Phi) is 4.35. The molecule has 1 fully saturated rings. The molecule has 102 valence electrons. The third kappa shape index (κ3) is 3.03. The van der Waals surface area contributed by atoms with Gasteiger partial charge in [0, 0.05) is 11.5 Å². The minimum atomic E-state index is -0.830. The first-order valence-corrected chi connectivity index (χ1v) is 6.99. The Balaban J connectivity index is 2.18. The van der Waals surface area contributed by atoms with E-state index in [1.165, 1.54) is 5.56 Å². The van der Waals surface area contributed by atoms with E-state index in [9.17, 15) is 14.7 Å². The Bertz CT molecular complexity index is 461. The van der Waals surface area contributed by atoms with Crippen molar-refractivity contribution >= 4 is 11.8 Å². The summed E-state index contributed by atoms with van der Waals surface area (Å²) in [6.45, 7) is 2.07. The van der Waals surface area contributed by atoms with Crippen molar-refractivity contribution < 1.29 is 14.7 Å². The van der Waals surface area contributed by atoms with Crippen molar-refractivity contribution in [2.24, 2.45) is 11.8 Å². The summed E-state index contributed by atoms with van der Waals surface area (Å²) < 4.78 is 0. The number of hydrogen-bond acceptors (Lipinski definition) is 2. The monoisotopic (exact) mass is 260 g/mol. The lowest BCUT2D eigenvalue weighted by Gasteiger charge is -2.27. The highest BCUT2D eigenvalue weighted by Gasteiger charge is 2.35. The number of Topliss-reactive ketones (excluding diaryl/α,β-unsaturated/α-hetero) is 1. The van der Waals surface area contributed by atoms with Crippen LogP contribution in [0.15, 0.2) is 24.3 Å². The average Bonchev–Trinajstić information content (AvgIpc) is 2.46. The molecule has 0 aromatic heterocycles.